The highest BCUT2D eigenvalue weighted by Crippen LogP contribution is 2.37. The molecule has 3 rings (SSSR count). The van der Waals surface area contributed by atoms with Crippen molar-refractivity contribution in [1.82, 2.24) is 9.97 Å². The molecule has 0 unspecified atom stereocenters. The first-order chi connectivity index (χ1) is 7.27. The first-order valence-corrected chi connectivity index (χ1v) is 5.46. The Balaban J connectivity index is 1.84. The highest BCUT2D eigenvalue weighted by atomic mass is 14.8. The van der Waals surface area contributed by atoms with Gasteiger partial charge >= 0.3 is 0 Å². The molecule has 15 heavy (non-hydrogen) atoms. The number of fused-ring (bicyclic) bond motifs is 1. The van der Waals surface area contributed by atoms with Crippen molar-refractivity contribution in [3.63, 3.8) is 0 Å². The van der Waals surface area contributed by atoms with Crippen LogP contribution in [0.1, 0.15) is 24.8 Å². The summed E-state index contributed by atoms with van der Waals surface area (Å²) in [5.41, 5.74) is 8.74. The van der Waals surface area contributed by atoms with E-state index in [4.69, 9.17) is 5.73 Å². The van der Waals surface area contributed by atoms with Crippen molar-refractivity contribution in [2.24, 2.45) is 5.73 Å². The summed E-state index contributed by atoms with van der Waals surface area (Å²) in [7, 11) is 0. The van der Waals surface area contributed by atoms with E-state index in [9.17, 15) is 0 Å². The van der Waals surface area contributed by atoms with Gasteiger partial charge in [0, 0.05) is 35.0 Å². The number of nitrogens with one attached hydrogen (secondary N) is 1. The number of hydrogen-bond donors (Lipinski definition) is 2. The van der Waals surface area contributed by atoms with Gasteiger partial charge in [-0.2, -0.15) is 0 Å². The maximum absolute atomic E-state index is 6.08. The van der Waals surface area contributed by atoms with Crippen LogP contribution in [0.25, 0.3) is 10.9 Å². The fourth-order valence-corrected chi connectivity index (χ4v) is 2.02. The lowest BCUT2D eigenvalue weighted by molar-refractivity contribution is 0.610. The van der Waals surface area contributed by atoms with E-state index in [1.165, 1.54) is 29.3 Å². The Hall–Kier alpha value is -1.35. The van der Waals surface area contributed by atoms with Crippen molar-refractivity contribution in [3.8, 4) is 0 Å². The van der Waals surface area contributed by atoms with Crippen molar-refractivity contribution < 1.29 is 0 Å². The zero-order valence-electron chi connectivity index (χ0n) is 8.66. The van der Waals surface area contributed by atoms with Crippen LogP contribution in [-0.2, 0) is 6.42 Å². The molecule has 1 saturated carbocycles. The third-order valence-corrected chi connectivity index (χ3v) is 3.35. The SMILES string of the molecule is NC1(CCc2c[nH]c3ccncc23)CC1. The molecule has 0 spiro atoms. The molecule has 1 aliphatic rings. The number of nitrogens with zero attached hydrogens (tertiary/aromatic N) is 1. The van der Waals surface area contributed by atoms with Gasteiger partial charge < -0.3 is 10.7 Å². The van der Waals surface area contributed by atoms with Crippen LogP contribution in [0.15, 0.2) is 24.7 Å². The summed E-state index contributed by atoms with van der Waals surface area (Å²) >= 11 is 0. The Morgan fingerprint density at radius 2 is 2.33 bits per heavy atom. The number of aryl methyl sites for hydroxylation is 1. The Labute approximate surface area is 88.7 Å². The number of nitrogens with two attached hydrogens (primary N) is 1. The summed E-state index contributed by atoms with van der Waals surface area (Å²) in [5.74, 6) is 0. The van der Waals surface area contributed by atoms with E-state index in [0.29, 0.717) is 0 Å². The summed E-state index contributed by atoms with van der Waals surface area (Å²) in [5, 5.41) is 1.24. The number of H-pyrrole nitrogens is 1. The van der Waals surface area contributed by atoms with Gasteiger partial charge in [-0.05, 0) is 37.3 Å². The monoisotopic (exact) mass is 201 g/mol. The van der Waals surface area contributed by atoms with Crippen molar-refractivity contribution >= 4 is 10.9 Å². The second-order valence-corrected chi connectivity index (χ2v) is 4.60. The fraction of sp³-hybridized carbons (Fsp3) is 0.417. The molecule has 2 aromatic rings. The van der Waals surface area contributed by atoms with Gasteiger partial charge in [0.05, 0.1) is 0 Å². The molecule has 0 aliphatic heterocycles. The average molecular weight is 201 g/mol. The van der Waals surface area contributed by atoms with Crippen LogP contribution < -0.4 is 5.73 Å². The summed E-state index contributed by atoms with van der Waals surface area (Å²) in [6, 6.07) is 2.01. The lowest BCUT2D eigenvalue weighted by Gasteiger charge is -2.06. The van der Waals surface area contributed by atoms with E-state index >= 15 is 0 Å². The van der Waals surface area contributed by atoms with Crippen molar-refractivity contribution in [2.45, 2.75) is 31.2 Å². The molecule has 2 heterocycles. The van der Waals surface area contributed by atoms with Gasteiger partial charge in [-0.25, -0.2) is 0 Å². The van der Waals surface area contributed by atoms with E-state index in [0.717, 1.165) is 12.8 Å². The maximum Gasteiger partial charge on any atom is 0.0487 e. The molecule has 2 aromatic heterocycles. The molecule has 78 valence electrons. The van der Waals surface area contributed by atoms with Gasteiger partial charge in [0.2, 0.25) is 0 Å². The van der Waals surface area contributed by atoms with Crippen molar-refractivity contribution in [2.75, 3.05) is 0 Å². The van der Waals surface area contributed by atoms with Crippen molar-refractivity contribution in [3.05, 3.63) is 30.2 Å². The van der Waals surface area contributed by atoms with Gasteiger partial charge in [0.15, 0.2) is 0 Å². The highest BCUT2D eigenvalue weighted by molar-refractivity contribution is 5.81. The van der Waals surface area contributed by atoms with Crippen LogP contribution >= 0.6 is 0 Å². The molecule has 3 nitrogen and oxygen atoms in total. The summed E-state index contributed by atoms with van der Waals surface area (Å²) in [6.07, 6.45) is 10.3. The number of pyridine rings is 1. The minimum Gasteiger partial charge on any atom is -0.361 e. The Kier molecular flexibility index (Phi) is 1.83. The summed E-state index contributed by atoms with van der Waals surface area (Å²) in [4.78, 5) is 7.42. The highest BCUT2D eigenvalue weighted by Gasteiger charge is 2.37. The zero-order valence-corrected chi connectivity index (χ0v) is 8.66. The van der Waals surface area contributed by atoms with E-state index in [1.807, 2.05) is 18.5 Å². The number of hydrogen-bond acceptors (Lipinski definition) is 2. The predicted octanol–water partition coefficient (Wildman–Crippen LogP) is 1.99. The van der Waals surface area contributed by atoms with Crippen LogP contribution in [0.2, 0.25) is 0 Å². The average Bonchev–Trinajstić information content (AvgIpc) is 2.86. The molecule has 0 atom stereocenters. The van der Waals surface area contributed by atoms with Gasteiger partial charge in [0.25, 0.3) is 0 Å². The smallest absolute Gasteiger partial charge is 0.0487 e. The van der Waals surface area contributed by atoms with Crippen LogP contribution in [0.5, 0.6) is 0 Å². The molecular weight excluding hydrogens is 186 g/mol. The molecule has 3 N–H and O–H groups in total. The molecule has 0 amide bonds. The van der Waals surface area contributed by atoms with Gasteiger partial charge in [-0.15, -0.1) is 0 Å². The van der Waals surface area contributed by atoms with Crippen LogP contribution in [0, 0.1) is 0 Å². The van der Waals surface area contributed by atoms with Crippen molar-refractivity contribution in [1.29, 1.82) is 0 Å². The topological polar surface area (TPSA) is 54.7 Å². The van der Waals surface area contributed by atoms with Crippen LogP contribution in [0.4, 0.5) is 0 Å². The largest absolute Gasteiger partial charge is 0.361 e. The molecule has 1 aliphatic carbocycles. The van der Waals surface area contributed by atoms with Gasteiger partial charge in [-0.1, -0.05) is 0 Å². The fourth-order valence-electron chi connectivity index (χ4n) is 2.02. The first-order valence-electron chi connectivity index (χ1n) is 5.46. The Morgan fingerprint density at radius 1 is 1.47 bits per heavy atom. The number of rotatable bonds is 3. The van der Waals surface area contributed by atoms with E-state index in [-0.39, 0.29) is 5.54 Å². The number of aromatic nitrogens is 2. The third-order valence-electron chi connectivity index (χ3n) is 3.35. The van der Waals surface area contributed by atoms with Crippen LogP contribution in [-0.4, -0.2) is 15.5 Å². The predicted molar refractivity (Wildman–Crippen MR) is 60.6 cm³/mol. The second-order valence-electron chi connectivity index (χ2n) is 4.60. The van der Waals surface area contributed by atoms with Crippen LogP contribution in [0.3, 0.4) is 0 Å². The quantitative estimate of drug-likeness (QED) is 0.797. The Morgan fingerprint density at radius 3 is 3.13 bits per heavy atom. The molecule has 1 fully saturated rings. The second kappa shape index (κ2) is 3.07. The van der Waals surface area contributed by atoms with E-state index in [2.05, 4.69) is 16.2 Å². The first kappa shape index (κ1) is 8.92. The van der Waals surface area contributed by atoms with Gasteiger partial charge in [0.1, 0.15) is 0 Å². The molecule has 3 heteroatoms. The summed E-state index contributed by atoms with van der Waals surface area (Å²) < 4.78 is 0. The standard InChI is InChI=1S/C12H15N3/c13-12(4-5-12)3-1-9-7-15-11-2-6-14-8-10(9)11/h2,6-8,15H,1,3-5,13H2. The Bertz CT molecular complexity index is 482. The third kappa shape index (κ3) is 1.63. The minimum atomic E-state index is 0.145. The lowest BCUT2D eigenvalue weighted by atomic mass is 10.0. The molecule has 0 saturated heterocycles. The molecular formula is C12H15N3. The van der Waals surface area contributed by atoms with E-state index in [1.54, 1.807) is 0 Å². The normalized spacial score (nSPS) is 18.2. The summed E-state index contributed by atoms with van der Waals surface area (Å²) in [6.45, 7) is 0. The molecule has 0 bridgehead atoms. The number of aromatic amines is 1. The molecule has 0 radical (unpaired) electrons. The molecule has 0 aromatic carbocycles. The van der Waals surface area contributed by atoms with Gasteiger partial charge in [-0.3, -0.25) is 4.98 Å². The maximum atomic E-state index is 6.08. The minimum absolute atomic E-state index is 0.145. The lowest BCUT2D eigenvalue weighted by Crippen LogP contribution is -2.21. The zero-order chi connectivity index (χ0) is 10.3. The van der Waals surface area contributed by atoms with E-state index < -0.39 is 0 Å².